The molecule has 0 radical (unpaired) electrons. The largest absolute Gasteiger partial charge is 0.468 e. The third-order valence-electron chi connectivity index (χ3n) is 2.42. The van der Waals surface area contributed by atoms with Gasteiger partial charge in [0.05, 0.1) is 14.2 Å². The predicted octanol–water partition coefficient (Wildman–Crippen LogP) is -0.792. The topological polar surface area (TPSA) is 90.7 Å². The highest BCUT2D eigenvalue weighted by Crippen LogP contribution is 2.04. The number of methoxy groups -OCH3 is 2. The zero-order valence-electron chi connectivity index (χ0n) is 11.0. The van der Waals surface area contributed by atoms with Gasteiger partial charge in [0.15, 0.2) is 0 Å². The van der Waals surface area contributed by atoms with Gasteiger partial charge in [-0.1, -0.05) is 0 Å². The highest BCUT2D eigenvalue weighted by Gasteiger charge is 2.24. The van der Waals surface area contributed by atoms with E-state index in [1.54, 1.807) is 7.05 Å². The second-order valence-electron chi connectivity index (χ2n) is 3.65. The van der Waals surface area contributed by atoms with Crippen LogP contribution in [0.3, 0.4) is 0 Å². The van der Waals surface area contributed by atoms with E-state index in [-0.39, 0.29) is 18.8 Å². The summed E-state index contributed by atoms with van der Waals surface area (Å²) in [5.74, 6) is -1.75. The fourth-order valence-electron chi connectivity index (χ4n) is 1.39. The SMILES string of the molecule is COC(=O)CN(CC(=O)OC)C(=O)c1ccnn1C. The number of carbonyl (C=O) groups excluding carboxylic acids is 3. The maximum Gasteiger partial charge on any atom is 0.325 e. The van der Waals surface area contributed by atoms with E-state index in [0.717, 1.165) is 4.90 Å². The molecule has 1 heterocycles. The van der Waals surface area contributed by atoms with Crippen LogP contribution in [0.2, 0.25) is 0 Å². The summed E-state index contributed by atoms with van der Waals surface area (Å²) in [6, 6.07) is 1.49. The first-order valence-electron chi connectivity index (χ1n) is 5.40. The second-order valence-corrected chi connectivity index (χ2v) is 3.65. The first kappa shape index (κ1) is 14.7. The van der Waals surface area contributed by atoms with Crippen LogP contribution in [-0.4, -0.2) is 59.8 Å². The number of aromatic nitrogens is 2. The van der Waals surface area contributed by atoms with Gasteiger partial charge in [-0.2, -0.15) is 5.10 Å². The van der Waals surface area contributed by atoms with Crippen molar-refractivity contribution in [3.63, 3.8) is 0 Å². The summed E-state index contributed by atoms with van der Waals surface area (Å²) in [6.07, 6.45) is 1.45. The summed E-state index contributed by atoms with van der Waals surface area (Å²) in [6.45, 7) is -0.675. The van der Waals surface area contributed by atoms with Gasteiger partial charge in [0.25, 0.3) is 5.91 Å². The van der Waals surface area contributed by atoms with Gasteiger partial charge in [0.1, 0.15) is 18.8 Å². The molecule has 8 heteroatoms. The third-order valence-corrected chi connectivity index (χ3v) is 2.42. The molecule has 0 saturated carbocycles. The Balaban J connectivity index is 2.89. The van der Waals surface area contributed by atoms with Crippen LogP contribution in [0.15, 0.2) is 12.3 Å². The van der Waals surface area contributed by atoms with E-state index in [2.05, 4.69) is 14.6 Å². The lowest BCUT2D eigenvalue weighted by Crippen LogP contribution is -2.40. The quantitative estimate of drug-likeness (QED) is 0.650. The molecule has 0 aromatic carbocycles. The highest BCUT2D eigenvalue weighted by molar-refractivity contribution is 5.96. The molecule has 1 aromatic rings. The van der Waals surface area contributed by atoms with E-state index < -0.39 is 17.8 Å². The van der Waals surface area contributed by atoms with Gasteiger partial charge in [0.2, 0.25) is 0 Å². The monoisotopic (exact) mass is 269 g/mol. The molecular formula is C11H15N3O5. The maximum absolute atomic E-state index is 12.2. The molecule has 1 aromatic heterocycles. The van der Waals surface area contributed by atoms with Gasteiger partial charge in [-0.3, -0.25) is 19.1 Å². The van der Waals surface area contributed by atoms with Crippen molar-refractivity contribution in [2.24, 2.45) is 7.05 Å². The van der Waals surface area contributed by atoms with Crippen molar-refractivity contribution >= 4 is 17.8 Å². The Kier molecular flexibility index (Phi) is 5.04. The summed E-state index contributed by atoms with van der Waals surface area (Å²) in [5, 5.41) is 3.86. The van der Waals surface area contributed by atoms with Crippen molar-refractivity contribution in [2.75, 3.05) is 27.3 Å². The number of amides is 1. The third kappa shape index (κ3) is 3.80. The molecule has 0 aliphatic carbocycles. The van der Waals surface area contributed by atoms with Crippen LogP contribution in [-0.2, 0) is 26.1 Å². The summed E-state index contributed by atoms with van der Waals surface area (Å²) in [5.41, 5.74) is 0.257. The zero-order valence-corrected chi connectivity index (χ0v) is 11.0. The molecule has 1 rings (SSSR count). The number of hydrogen-bond donors (Lipinski definition) is 0. The molecule has 1 amide bonds. The van der Waals surface area contributed by atoms with Crippen LogP contribution in [0.4, 0.5) is 0 Å². The average molecular weight is 269 g/mol. The molecule has 0 atom stereocenters. The standard InChI is InChI=1S/C11H15N3O5/c1-13-8(4-5-12-13)11(17)14(6-9(15)18-2)7-10(16)19-3/h4-5H,6-7H2,1-3H3. The Bertz CT molecular complexity index is 464. The first-order valence-corrected chi connectivity index (χ1v) is 5.40. The Morgan fingerprint density at radius 1 is 1.21 bits per heavy atom. The van der Waals surface area contributed by atoms with E-state index in [9.17, 15) is 14.4 Å². The lowest BCUT2D eigenvalue weighted by Gasteiger charge is -2.19. The van der Waals surface area contributed by atoms with E-state index in [4.69, 9.17) is 0 Å². The van der Waals surface area contributed by atoms with Crippen molar-refractivity contribution in [3.8, 4) is 0 Å². The molecule has 0 spiro atoms. The van der Waals surface area contributed by atoms with E-state index in [1.807, 2.05) is 0 Å². The van der Waals surface area contributed by atoms with Crippen LogP contribution in [0.25, 0.3) is 0 Å². The van der Waals surface area contributed by atoms with Crippen molar-refractivity contribution in [3.05, 3.63) is 18.0 Å². The van der Waals surface area contributed by atoms with Gasteiger partial charge in [0, 0.05) is 13.2 Å². The molecule has 0 unspecified atom stereocenters. The molecule has 0 N–H and O–H groups in total. The van der Waals surface area contributed by atoms with Gasteiger partial charge in [-0.15, -0.1) is 0 Å². The number of ether oxygens (including phenoxy) is 2. The van der Waals surface area contributed by atoms with E-state index >= 15 is 0 Å². The number of nitrogens with zero attached hydrogens (tertiary/aromatic N) is 3. The molecule has 0 aliphatic rings. The number of rotatable bonds is 5. The molecule has 0 fully saturated rings. The van der Waals surface area contributed by atoms with E-state index in [0.29, 0.717) is 0 Å². The fourth-order valence-corrected chi connectivity index (χ4v) is 1.39. The lowest BCUT2D eigenvalue weighted by molar-refractivity contribution is -0.144. The van der Waals surface area contributed by atoms with Crippen LogP contribution in [0.5, 0.6) is 0 Å². The fraction of sp³-hybridized carbons (Fsp3) is 0.455. The average Bonchev–Trinajstić information content (AvgIpc) is 2.82. The smallest absolute Gasteiger partial charge is 0.325 e. The minimum Gasteiger partial charge on any atom is -0.468 e. The molecule has 8 nitrogen and oxygen atoms in total. The Hall–Kier alpha value is -2.38. The Morgan fingerprint density at radius 3 is 2.11 bits per heavy atom. The van der Waals surface area contributed by atoms with Crippen molar-refractivity contribution in [1.82, 2.24) is 14.7 Å². The van der Waals surface area contributed by atoms with Gasteiger partial charge in [-0.05, 0) is 6.07 Å². The number of aryl methyl sites for hydroxylation is 1. The molecular weight excluding hydrogens is 254 g/mol. The summed E-state index contributed by atoms with van der Waals surface area (Å²) < 4.78 is 10.3. The number of hydrogen-bond acceptors (Lipinski definition) is 6. The molecule has 0 aliphatic heterocycles. The minimum absolute atomic E-state index is 0.257. The van der Waals surface area contributed by atoms with Crippen molar-refractivity contribution < 1.29 is 23.9 Å². The minimum atomic E-state index is -0.626. The summed E-state index contributed by atoms with van der Waals surface area (Å²) in [4.78, 5) is 35.7. The van der Waals surface area contributed by atoms with Crippen molar-refractivity contribution in [1.29, 1.82) is 0 Å². The number of carbonyl (C=O) groups is 3. The van der Waals surface area contributed by atoms with Crippen LogP contribution >= 0.6 is 0 Å². The lowest BCUT2D eigenvalue weighted by atomic mass is 10.3. The summed E-state index contributed by atoms with van der Waals surface area (Å²) >= 11 is 0. The Labute approximate surface area is 109 Å². The van der Waals surface area contributed by atoms with E-state index in [1.165, 1.54) is 31.2 Å². The first-order chi connectivity index (χ1) is 8.99. The van der Waals surface area contributed by atoms with Crippen LogP contribution < -0.4 is 0 Å². The predicted molar refractivity (Wildman–Crippen MR) is 63.1 cm³/mol. The van der Waals surface area contributed by atoms with Crippen LogP contribution in [0, 0.1) is 0 Å². The second kappa shape index (κ2) is 6.53. The zero-order chi connectivity index (χ0) is 14.4. The van der Waals surface area contributed by atoms with Gasteiger partial charge >= 0.3 is 11.9 Å². The number of esters is 2. The molecule has 104 valence electrons. The molecule has 19 heavy (non-hydrogen) atoms. The molecule has 0 saturated heterocycles. The molecule has 0 bridgehead atoms. The van der Waals surface area contributed by atoms with Gasteiger partial charge in [-0.25, -0.2) is 0 Å². The van der Waals surface area contributed by atoms with Gasteiger partial charge < -0.3 is 14.4 Å². The normalized spacial score (nSPS) is 9.84. The summed E-state index contributed by atoms with van der Waals surface area (Å²) in [7, 11) is 3.99. The maximum atomic E-state index is 12.2. The van der Waals surface area contributed by atoms with Crippen molar-refractivity contribution in [2.45, 2.75) is 0 Å². The highest BCUT2D eigenvalue weighted by atomic mass is 16.5. The Morgan fingerprint density at radius 2 is 1.74 bits per heavy atom. The van der Waals surface area contributed by atoms with Crippen LogP contribution in [0.1, 0.15) is 10.5 Å².